The first-order valence-electron chi connectivity index (χ1n) is 5.76. The number of hydrogen-bond acceptors (Lipinski definition) is 2. The molecule has 0 saturated carbocycles. The zero-order valence-electron chi connectivity index (χ0n) is 10.5. The molecule has 0 fully saturated rings. The summed E-state index contributed by atoms with van der Waals surface area (Å²) < 4.78 is 0. The van der Waals surface area contributed by atoms with E-state index >= 15 is 0 Å². The van der Waals surface area contributed by atoms with Crippen LogP contribution in [0.3, 0.4) is 0 Å². The van der Waals surface area contributed by atoms with Gasteiger partial charge in [0.2, 0.25) is 0 Å². The van der Waals surface area contributed by atoms with Crippen molar-refractivity contribution in [3.05, 3.63) is 54.2 Å². The number of aromatic nitrogens is 1. The molecule has 0 N–H and O–H groups in total. The van der Waals surface area contributed by atoms with Crippen LogP contribution in [0.15, 0.2) is 58.6 Å². The Morgan fingerprint density at radius 3 is 2.29 bits per heavy atom. The van der Waals surface area contributed by atoms with Gasteiger partial charge in [0.1, 0.15) is 5.03 Å². The number of hydrogen-bond donors (Lipinski definition) is 0. The van der Waals surface area contributed by atoms with Crippen molar-refractivity contribution in [3.8, 4) is 0 Å². The van der Waals surface area contributed by atoms with Crippen LogP contribution in [0.1, 0.15) is 26.3 Å². The largest absolute Gasteiger partial charge is 0.249 e. The van der Waals surface area contributed by atoms with Crippen LogP contribution in [0.4, 0.5) is 0 Å². The molecule has 2 rings (SSSR count). The number of rotatable bonds is 2. The first-order chi connectivity index (χ1) is 8.07. The van der Waals surface area contributed by atoms with Crippen LogP contribution in [0.5, 0.6) is 0 Å². The lowest BCUT2D eigenvalue weighted by Gasteiger charge is -2.21. The van der Waals surface area contributed by atoms with Gasteiger partial charge in [-0.25, -0.2) is 4.98 Å². The maximum Gasteiger partial charge on any atom is 0.104 e. The van der Waals surface area contributed by atoms with Crippen molar-refractivity contribution in [2.45, 2.75) is 36.1 Å². The van der Waals surface area contributed by atoms with Gasteiger partial charge in [-0.2, -0.15) is 0 Å². The van der Waals surface area contributed by atoms with Crippen LogP contribution in [-0.2, 0) is 5.41 Å². The average molecular weight is 243 g/mol. The maximum atomic E-state index is 4.50. The van der Waals surface area contributed by atoms with E-state index in [1.165, 1.54) is 10.5 Å². The van der Waals surface area contributed by atoms with E-state index in [0.717, 1.165) is 5.03 Å². The second kappa shape index (κ2) is 4.92. The van der Waals surface area contributed by atoms with E-state index in [1.807, 2.05) is 18.3 Å². The highest BCUT2D eigenvalue weighted by molar-refractivity contribution is 7.99. The summed E-state index contributed by atoms with van der Waals surface area (Å²) in [6.45, 7) is 6.66. The molecule has 0 radical (unpaired) electrons. The van der Waals surface area contributed by atoms with Crippen molar-refractivity contribution < 1.29 is 0 Å². The lowest BCUT2D eigenvalue weighted by Crippen LogP contribution is -2.13. The molecular formula is C15H17NS. The molecule has 0 bridgehead atoms. The topological polar surface area (TPSA) is 12.9 Å². The van der Waals surface area contributed by atoms with E-state index in [0.29, 0.717) is 0 Å². The molecule has 2 aromatic rings. The van der Waals surface area contributed by atoms with Gasteiger partial charge in [-0.15, -0.1) is 0 Å². The van der Waals surface area contributed by atoms with Crippen molar-refractivity contribution in [1.29, 1.82) is 0 Å². The predicted molar refractivity (Wildman–Crippen MR) is 73.5 cm³/mol. The highest BCUT2D eigenvalue weighted by Gasteiger charge is 2.18. The summed E-state index contributed by atoms with van der Waals surface area (Å²) in [5.41, 5.74) is 1.43. The molecule has 0 saturated heterocycles. The molecule has 88 valence electrons. The summed E-state index contributed by atoms with van der Waals surface area (Å²) in [5.74, 6) is 0. The molecule has 0 aliphatic heterocycles. The molecule has 0 spiro atoms. The average Bonchev–Trinajstić information content (AvgIpc) is 2.30. The minimum atomic E-state index is 0.130. The van der Waals surface area contributed by atoms with E-state index in [4.69, 9.17) is 0 Å². The van der Waals surface area contributed by atoms with Gasteiger partial charge >= 0.3 is 0 Å². The molecular weight excluding hydrogens is 226 g/mol. The monoisotopic (exact) mass is 243 g/mol. The summed E-state index contributed by atoms with van der Waals surface area (Å²) in [4.78, 5) is 5.74. The first-order valence-corrected chi connectivity index (χ1v) is 6.57. The molecule has 0 aliphatic rings. The second-order valence-corrected chi connectivity index (χ2v) is 6.08. The van der Waals surface area contributed by atoms with Crippen molar-refractivity contribution in [2.24, 2.45) is 0 Å². The standard InChI is InChI=1S/C15H17NS/c1-15(2,3)13-10-7-11-16-14(13)17-12-8-5-4-6-9-12/h4-11H,1-3H3. The smallest absolute Gasteiger partial charge is 0.104 e. The molecule has 17 heavy (non-hydrogen) atoms. The van der Waals surface area contributed by atoms with E-state index in [9.17, 15) is 0 Å². The summed E-state index contributed by atoms with van der Waals surface area (Å²) in [6.07, 6.45) is 1.86. The molecule has 1 nitrogen and oxygen atoms in total. The molecule has 1 aromatic carbocycles. The Hall–Kier alpha value is -1.28. The fourth-order valence-electron chi connectivity index (χ4n) is 1.64. The van der Waals surface area contributed by atoms with Crippen LogP contribution in [0.2, 0.25) is 0 Å². The summed E-state index contributed by atoms with van der Waals surface area (Å²) >= 11 is 1.73. The third-order valence-corrected chi connectivity index (χ3v) is 3.56. The third-order valence-electron chi connectivity index (χ3n) is 2.54. The van der Waals surface area contributed by atoms with E-state index in [1.54, 1.807) is 11.8 Å². The van der Waals surface area contributed by atoms with Crippen molar-refractivity contribution in [1.82, 2.24) is 4.98 Å². The third kappa shape index (κ3) is 3.10. The Morgan fingerprint density at radius 2 is 1.65 bits per heavy atom. The van der Waals surface area contributed by atoms with Crippen molar-refractivity contribution >= 4 is 11.8 Å². The zero-order valence-corrected chi connectivity index (χ0v) is 11.3. The Balaban J connectivity index is 2.34. The van der Waals surface area contributed by atoms with Crippen LogP contribution in [0, 0.1) is 0 Å². The second-order valence-electron chi connectivity index (χ2n) is 5.02. The number of benzene rings is 1. The van der Waals surface area contributed by atoms with Gasteiger partial charge in [-0.3, -0.25) is 0 Å². The van der Waals surface area contributed by atoms with E-state index < -0.39 is 0 Å². The zero-order chi connectivity index (χ0) is 12.3. The van der Waals surface area contributed by atoms with Crippen molar-refractivity contribution in [2.75, 3.05) is 0 Å². The van der Waals surface area contributed by atoms with Crippen LogP contribution in [-0.4, -0.2) is 4.98 Å². The SMILES string of the molecule is CC(C)(C)c1cccnc1Sc1ccccc1. The van der Waals surface area contributed by atoms with Gasteiger partial charge < -0.3 is 0 Å². The minimum absolute atomic E-state index is 0.130. The van der Waals surface area contributed by atoms with Crippen LogP contribution in [0.25, 0.3) is 0 Å². The van der Waals surface area contributed by atoms with E-state index in [-0.39, 0.29) is 5.41 Å². The van der Waals surface area contributed by atoms with E-state index in [2.05, 4.69) is 56.1 Å². The summed E-state index contributed by atoms with van der Waals surface area (Å²) in [7, 11) is 0. The van der Waals surface area contributed by atoms with Gasteiger partial charge in [-0.1, -0.05) is 56.8 Å². The van der Waals surface area contributed by atoms with Gasteiger partial charge in [0.25, 0.3) is 0 Å². The van der Waals surface area contributed by atoms with Gasteiger partial charge in [-0.05, 0) is 29.2 Å². The Bertz CT molecular complexity index is 486. The molecule has 0 unspecified atom stereocenters. The van der Waals surface area contributed by atoms with Gasteiger partial charge in [0, 0.05) is 11.1 Å². The number of nitrogens with zero attached hydrogens (tertiary/aromatic N) is 1. The summed E-state index contributed by atoms with van der Waals surface area (Å²) in [5, 5.41) is 1.10. The van der Waals surface area contributed by atoms with Gasteiger partial charge in [0.05, 0.1) is 0 Å². The molecule has 2 heteroatoms. The first kappa shape index (κ1) is 12.2. The predicted octanol–water partition coefficient (Wildman–Crippen LogP) is 4.53. The highest BCUT2D eigenvalue weighted by Crippen LogP contribution is 2.34. The normalized spacial score (nSPS) is 11.5. The Morgan fingerprint density at radius 1 is 0.941 bits per heavy atom. The lowest BCUT2D eigenvalue weighted by molar-refractivity contribution is 0.571. The quantitative estimate of drug-likeness (QED) is 0.768. The lowest BCUT2D eigenvalue weighted by atomic mass is 9.88. The molecule has 0 aliphatic carbocycles. The fourth-order valence-corrected chi connectivity index (χ4v) is 2.76. The Kier molecular flexibility index (Phi) is 3.53. The Labute approximate surface area is 107 Å². The molecule has 1 heterocycles. The highest BCUT2D eigenvalue weighted by atomic mass is 32.2. The molecule has 0 atom stereocenters. The number of pyridine rings is 1. The fraction of sp³-hybridized carbons (Fsp3) is 0.267. The van der Waals surface area contributed by atoms with Gasteiger partial charge in [0.15, 0.2) is 0 Å². The summed E-state index contributed by atoms with van der Waals surface area (Å²) in [6, 6.07) is 14.6. The molecule has 1 aromatic heterocycles. The maximum absolute atomic E-state index is 4.50. The minimum Gasteiger partial charge on any atom is -0.249 e. The van der Waals surface area contributed by atoms with Crippen LogP contribution >= 0.6 is 11.8 Å². The van der Waals surface area contributed by atoms with Crippen molar-refractivity contribution in [3.63, 3.8) is 0 Å². The molecule has 0 amide bonds. The van der Waals surface area contributed by atoms with Crippen LogP contribution < -0.4 is 0 Å².